The number of aliphatic carboxylic acids is 1. The van der Waals surface area contributed by atoms with Crippen molar-refractivity contribution in [1.82, 2.24) is 9.55 Å². The molecule has 0 radical (unpaired) electrons. The molecule has 1 heterocycles. The number of hydrogen-bond donors (Lipinski definition) is 1. The quantitative estimate of drug-likeness (QED) is 0.474. The van der Waals surface area contributed by atoms with Gasteiger partial charge in [0.25, 0.3) is 0 Å². The van der Waals surface area contributed by atoms with Crippen molar-refractivity contribution in [2.75, 3.05) is 0 Å². The highest BCUT2D eigenvalue weighted by atomic mass is 35.5. The van der Waals surface area contributed by atoms with Crippen LogP contribution in [0, 0.1) is 0 Å². The van der Waals surface area contributed by atoms with Crippen molar-refractivity contribution >= 4 is 45.9 Å². The maximum absolute atomic E-state index is 12.6. The number of imidazole rings is 1. The fourth-order valence-electron chi connectivity index (χ4n) is 3.26. The van der Waals surface area contributed by atoms with Gasteiger partial charge < -0.3 is 5.11 Å². The average Bonchev–Trinajstić information content (AvgIpc) is 3.04. The highest BCUT2D eigenvalue weighted by Gasteiger charge is 2.31. The van der Waals surface area contributed by atoms with Crippen molar-refractivity contribution in [2.45, 2.75) is 49.9 Å². The third kappa shape index (κ3) is 4.49. The van der Waals surface area contributed by atoms with Crippen LogP contribution in [0.4, 0.5) is 0 Å². The molecule has 2 aromatic carbocycles. The molecule has 0 aliphatic rings. The van der Waals surface area contributed by atoms with E-state index in [9.17, 15) is 9.59 Å². The zero-order chi connectivity index (χ0) is 21.2. The number of aryl methyl sites for hydroxylation is 1. The molecular weight excluding hydrogens is 408 g/mol. The van der Waals surface area contributed by atoms with Gasteiger partial charge in [-0.25, -0.2) is 4.98 Å². The molecule has 0 aliphatic heterocycles. The number of nitrogens with zero attached hydrogens (tertiary/aromatic N) is 2. The van der Waals surface area contributed by atoms with Crippen LogP contribution < -0.4 is 0 Å². The number of ketones is 1. The van der Waals surface area contributed by atoms with Gasteiger partial charge in [-0.3, -0.25) is 14.2 Å². The average molecular weight is 431 g/mol. The van der Waals surface area contributed by atoms with Gasteiger partial charge in [-0.05, 0) is 37.3 Å². The van der Waals surface area contributed by atoms with E-state index in [2.05, 4.69) is 30.1 Å². The molecule has 1 aromatic heterocycles. The molecule has 3 rings (SSSR count). The molecule has 3 aromatic rings. The van der Waals surface area contributed by atoms with Crippen molar-refractivity contribution in [3.63, 3.8) is 0 Å². The second-order valence-corrected chi connectivity index (χ2v) is 9.25. The smallest absolute Gasteiger partial charge is 0.303 e. The number of rotatable bonds is 8. The number of carbonyl (C=O) groups is 2. The van der Waals surface area contributed by atoms with E-state index < -0.39 is 10.7 Å². The Bertz CT molecular complexity index is 1080. The van der Waals surface area contributed by atoms with E-state index >= 15 is 0 Å². The van der Waals surface area contributed by atoms with Crippen molar-refractivity contribution < 1.29 is 14.7 Å². The molecule has 0 fully saturated rings. The number of halogens is 1. The Morgan fingerprint density at radius 3 is 2.48 bits per heavy atom. The normalized spacial score (nSPS) is 11.7. The van der Waals surface area contributed by atoms with Gasteiger partial charge in [-0.2, -0.15) is 0 Å². The summed E-state index contributed by atoms with van der Waals surface area (Å²) in [5.74, 6) is -1.12. The molecule has 7 heteroatoms. The van der Waals surface area contributed by atoms with Crippen LogP contribution in [-0.2, 0) is 16.0 Å². The minimum atomic E-state index is -0.980. The summed E-state index contributed by atoms with van der Waals surface area (Å²) >= 11 is 7.78. The Kier molecular flexibility index (Phi) is 6.34. The highest BCUT2D eigenvalue weighted by Crippen LogP contribution is 2.38. The molecule has 0 saturated heterocycles. The van der Waals surface area contributed by atoms with Crippen molar-refractivity contribution in [3.8, 4) is 5.69 Å². The van der Waals surface area contributed by atoms with Crippen LogP contribution in [0.25, 0.3) is 16.5 Å². The van der Waals surface area contributed by atoms with Crippen LogP contribution >= 0.6 is 23.4 Å². The summed E-state index contributed by atoms with van der Waals surface area (Å²) in [6.45, 7) is 5.69. The Morgan fingerprint density at radius 2 is 1.83 bits per heavy atom. The lowest BCUT2D eigenvalue weighted by atomic mass is 10.0. The number of aromatic nitrogens is 2. The minimum Gasteiger partial charge on any atom is -0.481 e. The van der Waals surface area contributed by atoms with E-state index in [4.69, 9.17) is 16.7 Å². The predicted octanol–water partition coefficient (Wildman–Crippen LogP) is 5.55. The molecule has 0 unspecified atom stereocenters. The third-order valence-electron chi connectivity index (χ3n) is 4.88. The summed E-state index contributed by atoms with van der Waals surface area (Å²) in [4.78, 5) is 27.8. The number of hydrogen-bond acceptors (Lipinski definition) is 4. The molecule has 0 amide bonds. The Morgan fingerprint density at radius 1 is 1.14 bits per heavy atom. The van der Waals surface area contributed by atoms with E-state index in [1.54, 1.807) is 20.0 Å². The number of thioether (sulfide) groups is 1. The van der Waals surface area contributed by atoms with Crippen LogP contribution in [0.15, 0.2) is 47.8 Å². The SMILES string of the molecule is CCc1ccc(-n2c(Cl)cnc2SC(C)(C)C(=O)CCC(=O)O)c2ccccc12. The fourth-order valence-corrected chi connectivity index (χ4v) is 4.60. The summed E-state index contributed by atoms with van der Waals surface area (Å²) in [5.41, 5.74) is 2.15. The highest BCUT2D eigenvalue weighted by molar-refractivity contribution is 8.01. The second-order valence-electron chi connectivity index (χ2n) is 7.27. The minimum absolute atomic E-state index is 0.0160. The Hall–Kier alpha value is -2.31. The first kappa shape index (κ1) is 21.4. The Balaban J connectivity index is 2.02. The van der Waals surface area contributed by atoms with Crippen molar-refractivity contribution in [3.05, 3.63) is 53.3 Å². The molecule has 152 valence electrons. The summed E-state index contributed by atoms with van der Waals surface area (Å²) < 4.78 is 1.02. The van der Waals surface area contributed by atoms with Crippen LogP contribution in [0.5, 0.6) is 0 Å². The molecule has 0 atom stereocenters. The number of carboxylic acids is 1. The number of Topliss-reactive ketones (excluding diaryl/α,β-unsaturated/α-hetero) is 1. The summed E-state index contributed by atoms with van der Waals surface area (Å²) in [5, 5.41) is 12.1. The van der Waals surface area contributed by atoms with Gasteiger partial charge in [-0.1, -0.05) is 60.6 Å². The molecule has 0 saturated carbocycles. The van der Waals surface area contributed by atoms with E-state index in [0.717, 1.165) is 22.9 Å². The lowest BCUT2D eigenvalue weighted by molar-refractivity contribution is -0.138. The molecule has 0 spiro atoms. The van der Waals surface area contributed by atoms with Gasteiger partial charge in [0.05, 0.1) is 23.1 Å². The molecule has 5 nitrogen and oxygen atoms in total. The van der Waals surface area contributed by atoms with Gasteiger partial charge in [-0.15, -0.1) is 0 Å². The predicted molar refractivity (Wildman–Crippen MR) is 117 cm³/mol. The lowest BCUT2D eigenvalue weighted by Crippen LogP contribution is -2.28. The van der Waals surface area contributed by atoms with Crippen molar-refractivity contribution in [2.24, 2.45) is 0 Å². The molecular formula is C22H23ClN2O3S. The topological polar surface area (TPSA) is 72.2 Å². The summed E-state index contributed by atoms with van der Waals surface area (Å²) in [7, 11) is 0. The maximum atomic E-state index is 12.6. The van der Waals surface area contributed by atoms with E-state index in [1.807, 2.05) is 22.8 Å². The third-order valence-corrected chi connectivity index (χ3v) is 6.36. The van der Waals surface area contributed by atoms with Crippen molar-refractivity contribution in [1.29, 1.82) is 0 Å². The first-order chi connectivity index (χ1) is 13.7. The lowest BCUT2D eigenvalue weighted by Gasteiger charge is -2.23. The molecule has 0 aliphatic carbocycles. The first-order valence-corrected chi connectivity index (χ1v) is 10.6. The fraction of sp³-hybridized carbons (Fsp3) is 0.318. The van der Waals surface area contributed by atoms with Gasteiger partial charge in [0.1, 0.15) is 10.9 Å². The molecule has 29 heavy (non-hydrogen) atoms. The maximum Gasteiger partial charge on any atom is 0.303 e. The molecule has 0 bridgehead atoms. The Labute approximate surface area is 179 Å². The zero-order valence-electron chi connectivity index (χ0n) is 16.6. The standard InChI is InChI=1S/C22H23ClN2O3S/c1-4-14-9-10-17(16-8-6-5-7-15(14)16)25-19(23)13-24-21(25)29-22(2,3)18(26)11-12-20(27)28/h5-10,13H,4,11-12H2,1-3H3,(H,27,28). The van der Waals surface area contributed by atoms with Crippen LogP contribution in [0.2, 0.25) is 5.15 Å². The summed E-state index contributed by atoms with van der Waals surface area (Å²) in [6.07, 6.45) is 2.30. The monoisotopic (exact) mass is 430 g/mol. The number of fused-ring (bicyclic) bond motifs is 1. The largest absolute Gasteiger partial charge is 0.481 e. The summed E-state index contributed by atoms with van der Waals surface area (Å²) in [6, 6.07) is 12.3. The van der Waals surface area contributed by atoms with Gasteiger partial charge >= 0.3 is 5.97 Å². The number of carboxylic acid groups (broad SMARTS) is 1. The zero-order valence-corrected chi connectivity index (χ0v) is 18.2. The van der Waals surface area contributed by atoms with E-state index in [-0.39, 0.29) is 18.6 Å². The second kappa shape index (κ2) is 8.59. The van der Waals surface area contributed by atoms with Crippen LogP contribution in [-0.4, -0.2) is 31.2 Å². The van der Waals surface area contributed by atoms with Gasteiger partial charge in [0, 0.05) is 11.8 Å². The first-order valence-electron chi connectivity index (χ1n) is 9.43. The van der Waals surface area contributed by atoms with Crippen LogP contribution in [0.3, 0.4) is 0 Å². The number of carbonyl (C=O) groups excluding carboxylic acids is 1. The number of benzene rings is 2. The van der Waals surface area contributed by atoms with E-state index in [1.165, 1.54) is 17.3 Å². The molecule has 1 N–H and O–H groups in total. The van der Waals surface area contributed by atoms with E-state index in [0.29, 0.717) is 10.3 Å². The van der Waals surface area contributed by atoms with Gasteiger partial charge in [0.2, 0.25) is 0 Å². The van der Waals surface area contributed by atoms with Crippen LogP contribution in [0.1, 0.15) is 39.2 Å². The van der Waals surface area contributed by atoms with Gasteiger partial charge in [0.15, 0.2) is 5.16 Å².